The Hall–Kier alpha value is -2.38. The molecular weight excluding hydrogens is 365 g/mol. The highest BCUT2D eigenvalue weighted by Crippen LogP contribution is 2.24. The summed E-state index contributed by atoms with van der Waals surface area (Å²) in [5, 5.41) is 11.3. The Kier molecular flexibility index (Phi) is 5.67. The van der Waals surface area contributed by atoms with Crippen LogP contribution < -0.4 is 5.32 Å². The van der Waals surface area contributed by atoms with Gasteiger partial charge in [0.15, 0.2) is 0 Å². The molecule has 0 saturated carbocycles. The van der Waals surface area contributed by atoms with Gasteiger partial charge in [-0.05, 0) is 29.8 Å². The minimum Gasteiger partial charge on any atom is -0.411 e. The van der Waals surface area contributed by atoms with Gasteiger partial charge in [-0.1, -0.05) is 47.6 Å². The van der Waals surface area contributed by atoms with Crippen LogP contribution >= 0.6 is 23.4 Å². The standard InChI is InChI=1S/C17H13ClFN3O2S/c18-12-7-5-11(6-8-12)9-20-15(23)10-25-17-22-21-16(24-17)13-3-1-2-4-14(13)19/h1-8H,9-10H2,(H,20,23). The van der Waals surface area contributed by atoms with Crippen molar-refractivity contribution in [1.29, 1.82) is 0 Å². The number of aromatic nitrogens is 2. The molecule has 8 heteroatoms. The molecule has 0 atom stereocenters. The number of thioether (sulfide) groups is 1. The van der Waals surface area contributed by atoms with Gasteiger partial charge in [0.25, 0.3) is 11.1 Å². The van der Waals surface area contributed by atoms with Crippen molar-refractivity contribution < 1.29 is 13.6 Å². The Balaban J connectivity index is 1.51. The van der Waals surface area contributed by atoms with E-state index in [1.165, 1.54) is 6.07 Å². The summed E-state index contributed by atoms with van der Waals surface area (Å²) in [5.74, 6) is -0.414. The first-order chi connectivity index (χ1) is 12.1. The van der Waals surface area contributed by atoms with E-state index in [2.05, 4.69) is 15.5 Å². The summed E-state index contributed by atoms with van der Waals surface area (Å²) < 4.78 is 19.1. The number of hydrogen-bond donors (Lipinski definition) is 1. The van der Waals surface area contributed by atoms with Crippen LogP contribution in [0.3, 0.4) is 0 Å². The van der Waals surface area contributed by atoms with Crippen LogP contribution in [0.1, 0.15) is 5.56 Å². The van der Waals surface area contributed by atoms with Crippen molar-refractivity contribution in [3.63, 3.8) is 0 Å². The lowest BCUT2D eigenvalue weighted by atomic mass is 10.2. The molecule has 0 saturated heterocycles. The minimum atomic E-state index is -0.441. The second kappa shape index (κ2) is 8.13. The van der Waals surface area contributed by atoms with Gasteiger partial charge in [-0.2, -0.15) is 0 Å². The molecule has 0 spiro atoms. The zero-order valence-corrected chi connectivity index (χ0v) is 14.5. The van der Waals surface area contributed by atoms with Crippen LogP contribution in [0.5, 0.6) is 0 Å². The minimum absolute atomic E-state index is 0.0853. The molecule has 3 aromatic rings. The first kappa shape index (κ1) is 17.4. The number of benzene rings is 2. The van der Waals surface area contributed by atoms with Crippen LogP contribution in [0.4, 0.5) is 4.39 Å². The molecule has 1 amide bonds. The van der Waals surface area contributed by atoms with Gasteiger partial charge in [-0.15, -0.1) is 10.2 Å². The highest BCUT2D eigenvalue weighted by atomic mass is 35.5. The molecule has 0 unspecified atom stereocenters. The fraction of sp³-hybridized carbons (Fsp3) is 0.118. The fourth-order valence-electron chi connectivity index (χ4n) is 1.99. The Morgan fingerprint density at radius 3 is 2.68 bits per heavy atom. The van der Waals surface area contributed by atoms with E-state index in [9.17, 15) is 9.18 Å². The van der Waals surface area contributed by atoms with E-state index in [0.29, 0.717) is 11.6 Å². The molecule has 0 bridgehead atoms. The van der Waals surface area contributed by atoms with Crippen LogP contribution in [0.2, 0.25) is 5.02 Å². The first-order valence-electron chi connectivity index (χ1n) is 7.34. The zero-order chi connectivity index (χ0) is 17.6. The number of nitrogens with zero attached hydrogens (tertiary/aromatic N) is 2. The molecule has 0 aliphatic rings. The summed E-state index contributed by atoms with van der Waals surface area (Å²) in [5.41, 5.74) is 1.18. The average Bonchev–Trinajstić information content (AvgIpc) is 3.08. The van der Waals surface area contributed by atoms with Crippen molar-refractivity contribution in [2.75, 3.05) is 5.75 Å². The molecule has 2 aromatic carbocycles. The molecule has 0 aliphatic carbocycles. The first-order valence-corrected chi connectivity index (χ1v) is 8.70. The van der Waals surface area contributed by atoms with Gasteiger partial charge in [0.1, 0.15) is 5.82 Å². The van der Waals surface area contributed by atoms with Crippen LogP contribution in [0.15, 0.2) is 58.2 Å². The smallest absolute Gasteiger partial charge is 0.277 e. The molecule has 0 fully saturated rings. The lowest BCUT2D eigenvalue weighted by Crippen LogP contribution is -2.24. The molecule has 0 radical (unpaired) electrons. The van der Waals surface area contributed by atoms with Crippen molar-refractivity contribution in [2.45, 2.75) is 11.8 Å². The lowest BCUT2D eigenvalue weighted by molar-refractivity contribution is -0.118. The van der Waals surface area contributed by atoms with E-state index in [4.69, 9.17) is 16.0 Å². The van der Waals surface area contributed by atoms with Gasteiger partial charge < -0.3 is 9.73 Å². The van der Waals surface area contributed by atoms with Crippen molar-refractivity contribution in [2.24, 2.45) is 0 Å². The van der Waals surface area contributed by atoms with Crippen molar-refractivity contribution in [3.05, 3.63) is 64.9 Å². The van der Waals surface area contributed by atoms with Crippen molar-refractivity contribution in [3.8, 4) is 11.5 Å². The molecule has 25 heavy (non-hydrogen) atoms. The van der Waals surface area contributed by atoms with E-state index in [1.807, 2.05) is 12.1 Å². The topological polar surface area (TPSA) is 68.0 Å². The number of carbonyl (C=O) groups is 1. The monoisotopic (exact) mass is 377 g/mol. The van der Waals surface area contributed by atoms with Crippen LogP contribution in [-0.2, 0) is 11.3 Å². The number of hydrogen-bond acceptors (Lipinski definition) is 5. The maximum atomic E-state index is 13.7. The molecule has 5 nitrogen and oxygen atoms in total. The van der Waals surface area contributed by atoms with E-state index in [1.54, 1.807) is 30.3 Å². The van der Waals surface area contributed by atoms with E-state index in [0.717, 1.165) is 17.3 Å². The average molecular weight is 378 g/mol. The number of nitrogens with one attached hydrogen (secondary N) is 1. The third kappa shape index (κ3) is 4.80. The van der Waals surface area contributed by atoms with E-state index in [-0.39, 0.29) is 28.3 Å². The van der Waals surface area contributed by atoms with Crippen molar-refractivity contribution >= 4 is 29.3 Å². The van der Waals surface area contributed by atoms with Gasteiger partial charge >= 0.3 is 0 Å². The molecule has 1 heterocycles. The van der Waals surface area contributed by atoms with E-state index < -0.39 is 5.82 Å². The summed E-state index contributed by atoms with van der Waals surface area (Å²) in [6.45, 7) is 0.404. The Labute approximate surface area is 152 Å². The second-order valence-electron chi connectivity index (χ2n) is 5.04. The molecule has 3 rings (SSSR count). The number of halogens is 2. The van der Waals surface area contributed by atoms with Crippen LogP contribution in [0.25, 0.3) is 11.5 Å². The Morgan fingerprint density at radius 1 is 1.16 bits per heavy atom. The van der Waals surface area contributed by atoms with Gasteiger partial charge in [-0.3, -0.25) is 4.79 Å². The summed E-state index contributed by atoms with van der Waals surface area (Å²) >= 11 is 6.90. The second-order valence-corrected chi connectivity index (χ2v) is 6.41. The Bertz CT molecular complexity index is 870. The lowest BCUT2D eigenvalue weighted by Gasteiger charge is -2.04. The molecule has 0 aliphatic heterocycles. The van der Waals surface area contributed by atoms with Gasteiger partial charge in [0.05, 0.1) is 11.3 Å². The third-order valence-corrected chi connectivity index (χ3v) is 4.31. The summed E-state index contributed by atoms with van der Waals surface area (Å²) in [6, 6.07) is 13.3. The molecule has 128 valence electrons. The third-order valence-electron chi connectivity index (χ3n) is 3.24. The number of amides is 1. The van der Waals surface area contributed by atoms with Crippen LogP contribution in [0, 0.1) is 5.82 Å². The largest absolute Gasteiger partial charge is 0.411 e. The maximum absolute atomic E-state index is 13.7. The summed E-state index contributed by atoms with van der Waals surface area (Å²) in [4.78, 5) is 11.9. The van der Waals surface area contributed by atoms with E-state index >= 15 is 0 Å². The van der Waals surface area contributed by atoms with Crippen molar-refractivity contribution in [1.82, 2.24) is 15.5 Å². The molecule has 1 aromatic heterocycles. The normalized spacial score (nSPS) is 10.6. The summed E-state index contributed by atoms with van der Waals surface area (Å²) in [6.07, 6.45) is 0. The predicted molar refractivity (Wildman–Crippen MR) is 93.7 cm³/mol. The summed E-state index contributed by atoms with van der Waals surface area (Å²) in [7, 11) is 0. The highest BCUT2D eigenvalue weighted by molar-refractivity contribution is 7.99. The zero-order valence-electron chi connectivity index (χ0n) is 12.9. The SMILES string of the molecule is O=C(CSc1nnc(-c2ccccc2F)o1)NCc1ccc(Cl)cc1. The maximum Gasteiger partial charge on any atom is 0.277 e. The number of rotatable bonds is 6. The van der Waals surface area contributed by atoms with Crippen LogP contribution in [-0.4, -0.2) is 21.9 Å². The fourth-order valence-corrected chi connectivity index (χ4v) is 2.71. The van der Waals surface area contributed by atoms with Gasteiger partial charge in [0.2, 0.25) is 5.91 Å². The molecular formula is C17H13ClFN3O2S. The quantitative estimate of drug-likeness (QED) is 0.659. The number of carbonyl (C=O) groups excluding carboxylic acids is 1. The highest BCUT2D eigenvalue weighted by Gasteiger charge is 2.13. The Morgan fingerprint density at radius 2 is 1.92 bits per heavy atom. The molecule has 1 N–H and O–H groups in total. The predicted octanol–water partition coefficient (Wildman–Crippen LogP) is 3.94. The van der Waals surface area contributed by atoms with Gasteiger partial charge in [-0.25, -0.2) is 4.39 Å². The van der Waals surface area contributed by atoms with Gasteiger partial charge in [0, 0.05) is 11.6 Å².